The number of thiophene rings is 2. The average molecular weight is 337 g/mol. The first-order valence-corrected chi connectivity index (χ1v) is 8.98. The molecule has 104 valence electrons. The van der Waals surface area contributed by atoms with E-state index in [4.69, 9.17) is 11.6 Å². The van der Waals surface area contributed by atoms with E-state index in [1.807, 2.05) is 19.2 Å². The van der Waals surface area contributed by atoms with Crippen LogP contribution in [0.2, 0.25) is 4.34 Å². The first-order valence-electron chi connectivity index (χ1n) is 5.48. The summed E-state index contributed by atoms with van der Waals surface area (Å²) < 4.78 is 27.7. The molecule has 0 unspecified atom stereocenters. The maximum Gasteiger partial charge on any atom is 0.250 e. The van der Waals surface area contributed by atoms with Gasteiger partial charge in [0.2, 0.25) is 10.0 Å². The minimum Gasteiger partial charge on any atom is -0.315 e. The monoisotopic (exact) mass is 336 g/mol. The standard InChI is InChI=1S/C11H13ClN2O2S3/c1-13-6-8-3-5-11(18-8)19(15,16)14-7-9-2-4-10(12)17-9/h2-5,13-14H,6-7H2,1H3. The fourth-order valence-electron chi connectivity index (χ4n) is 1.46. The molecule has 0 saturated carbocycles. The van der Waals surface area contributed by atoms with Gasteiger partial charge < -0.3 is 5.32 Å². The highest BCUT2D eigenvalue weighted by molar-refractivity contribution is 7.91. The third-order valence-corrected chi connectivity index (χ3v) is 6.53. The molecule has 8 heteroatoms. The van der Waals surface area contributed by atoms with Gasteiger partial charge in [-0.2, -0.15) is 0 Å². The molecule has 0 aliphatic rings. The zero-order valence-electron chi connectivity index (χ0n) is 10.1. The topological polar surface area (TPSA) is 58.2 Å². The smallest absolute Gasteiger partial charge is 0.250 e. The maximum atomic E-state index is 12.1. The molecule has 0 fully saturated rings. The Balaban J connectivity index is 2.04. The molecule has 19 heavy (non-hydrogen) atoms. The molecule has 0 aliphatic carbocycles. The van der Waals surface area contributed by atoms with Gasteiger partial charge in [0, 0.05) is 22.8 Å². The summed E-state index contributed by atoms with van der Waals surface area (Å²) in [5.74, 6) is 0. The molecular weight excluding hydrogens is 324 g/mol. The zero-order valence-corrected chi connectivity index (χ0v) is 13.3. The lowest BCUT2D eigenvalue weighted by molar-refractivity contribution is 0.584. The lowest BCUT2D eigenvalue weighted by Crippen LogP contribution is -2.21. The van der Waals surface area contributed by atoms with Gasteiger partial charge in [0.1, 0.15) is 4.21 Å². The highest BCUT2D eigenvalue weighted by Crippen LogP contribution is 2.24. The van der Waals surface area contributed by atoms with Gasteiger partial charge in [0.15, 0.2) is 0 Å². The molecule has 0 aromatic carbocycles. The van der Waals surface area contributed by atoms with Gasteiger partial charge in [-0.15, -0.1) is 22.7 Å². The molecule has 0 radical (unpaired) electrons. The highest BCUT2D eigenvalue weighted by Gasteiger charge is 2.16. The predicted molar refractivity (Wildman–Crippen MR) is 80.4 cm³/mol. The Labute approximate surface area is 125 Å². The number of hydrogen-bond donors (Lipinski definition) is 2. The van der Waals surface area contributed by atoms with Crippen LogP contribution in [0.5, 0.6) is 0 Å². The van der Waals surface area contributed by atoms with Gasteiger partial charge in [-0.1, -0.05) is 11.6 Å². The Kier molecular flexibility index (Phi) is 4.99. The van der Waals surface area contributed by atoms with Crippen LogP contribution in [0, 0.1) is 0 Å². The summed E-state index contributed by atoms with van der Waals surface area (Å²) in [4.78, 5) is 1.88. The van der Waals surface area contributed by atoms with Crippen LogP contribution in [-0.4, -0.2) is 15.5 Å². The van der Waals surface area contributed by atoms with Crippen LogP contribution in [0.4, 0.5) is 0 Å². The third-order valence-electron chi connectivity index (χ3n) is 2.32. The first-order chi connectivity index (χ1) is 9.01. The van der Waals surface area contributed by atoms with Crippen LogP contribution in [0.25, 0.3) is 0 Å². The van der Waals surface area contributed by atoms with Crippen LogP contribution in [0.1, 0.15) is 9.75 Å². The molecule has 2 aromatic rings. The number of halogens is 1. The van der Waals surface area contributed by atoms with Gasteiger partial charge >= 0.3 is 0 Å². The largest absolute Gasteiger partial charge is 0.315 e. The van der Waals surface area contributed by atoms with E-state index < -0.39 is 10.0 Å². The Morgan fingerprint density at radius 2 is 1.79 bits per heavy atom. The van der Waals surface area contributed by atoms with Crippen molar-refractivity contribution < 1.29 is 8.42 Å². The summed E-state index contributed by atoms with van der Waals surface area (Å²) in [6, 6.07) is 7.02. The lowest BCUT2D eigenvalue weighted by atomic mass is 10.5. The van der Waals surface area contributed by atoms with E-state index in [2.05, 4.69) is 10.0 Å². The van der Waals surface area contributed by atoms with E-state index in [0.717, 1.165) is 9.75 Å². The van der Waals surface area contributed by atoms with Crippen molar-refractivity contribution in [3.8, 4) is 0 Å². The second-order valence-electron chi connectivity index (χ2n) is 3.78. The number of nitrogens with one attached hydrogen (secondary N) is 2. The van der Waals surface area contributed by atoms with Crippen molar-refractivity contribution >= 4 is 44.3 Å². The first kappa shape index (κ1) is 15.0. The van der Waals surface area contributed by atoms with E-state index in [-0.39, 0.29) is 6.54 Å². The summed E-state index contributed by atoms with van der Waals surface area (Å²) >= 11 is 8.44. The second-order valence-corrected chi connectivity index (χ2v) is 8.74. The molecule has 4 nitrogen and oxygen atoms in total. The molecular formula is C11H13ClN2O2S3. The molecule has 0 atom stereocenters. The van der Waals surface area contributed by atoms with E-state index >= 15 is 0 Å². The quantitative estimate of drug-likeness (QED) is 0.852. The summed E-state index contributed by atoms with van der Waals surface area (Å²) in [5, 5.41) is 2.99. The minimum absolute atomic E-state index is 0.263. The highest BCUT2D eigenvalue weighted by atomic mass is 35.5. The fraction of sp³-hybridized carbons (Fsp3) is 0.273. The van der Waals surface area contributed by atoms with Crippen molar-refractivity contribution in [3.05, 3.63) is 38.4 Å². The maximum absolute atomic E-state index is 12.1. The van der Waals surface area contributed by atoms with Crippen molar-refractivity contribution in [2.75, 3.05) is 7.05 Å². The number of sulfonamides is 1. The van der Waals surface area contributed by atoms with E-state index in [9.17, 15) is 8.42 Å². The summed E-state index contributed by atoms with van der Waals surface area (Å²) in [6.45, 7) is 0.930. The van der Waals surface area contributed by atoms with Gasteiger partial charge in [0.25, 0.3) is 0 Å². The van der Waals surface area contributed by atoms with Crippen LogP contribution in [0.15, 0.2) is 28.5 Å². The van der Waals surface area contributed by atoms with Crippen molar-refractivity contribution in [1.82, 2.24) is 10.0 Å². The Bertz CT molecular complexity index is 648. The molecule has 2 N–H and O–H groups in total. The Hall–Kier alpha value is -0.440. The van der Waals surface area contributed by atoms with Gasteiger partial charge in [-0.3, -0.25) is 0 Å². The molecule has 0 saturated heterocycles. The van der Waals surface area contributed by atoms with E-state index in [1.54, 1.807) is 12.1 Å². The second kappa shape index (κ2) is 6.34. The van der Waals surface area contributed by atoms with Crippen molar-refractivity contribution in [1.29, 1.82) is 0 Å². The molecule has 2 aromatic heterocycles. The van der Waals surface area contributed by atoms with Crippen LogP contribution in [0.3, 0.4) is 0 Å². The SMILES string of the molecule is CNCc1ccc(S(=O)(=O)NCc2ccc(Cl)s2)s1. The van der Waals surface area contributed by atoms with Gasteiger partial charge in [0.05, 0.1) is 4.34 Å². The van der Waals surface area contributed by atoms with Crippen LogP contribution in [-0.2, 0) is 23.1 Å². The van der Waals surface area contributed by atoms with Gasteiger partial charge in [-0.25, -0.2) is 13.1 Å². The van der Waals surface area contributed by atoms with E-state index in [0.29, 0.717) is 15.1 Å². The van der Waals surface area contributed by atoms with Crippen molar-refractivity contribution in [3.63, 3.8) is 0 Å². The number of hydrogen-bond acceptors (Lipinski definition) is 5. The summed E-state index contributed by atoms with van der Waals surface area (Å²) in [7, 11) is -1.62. The summed E-state index contributed by atoms with van der Waals surface area (Å²) in [5.41, 5.74) is 0. The Morgan fingerprint density at radius 1 is 1.11 bits per heavy atom. The van der Waals surface area contributed by atoms with Crippen LogP contribution < -0.4 is 10.0 Å². The van der Waals surface area contributed by atoms with Crippen LogP contribution >= 0.6 is 34.3 Å². The lowest BCUT2D eigenvalue weighted by Gasteiger charge is -2.02. The molecule has 0 aliphatic heterocycles. The van der Waals surface area contributed by atoms with Crippen molar-refractivity contribution in [2.45, 2.75) is 17.3 Å². The molecule has 2 heterocycles. The molecule has 2 rings (SSSR count). The molecule has 0 spiro atoms. The van der Waals surface area contributed by atoms with Gasteiger partial charge in [-0.05, 0) is 31.3 Å². The minimum atomic E-state index is -3.44. The number of rotatable bonds is 6. The normalized spacial score (nSPS) is 11.9. The predicted octanol–water partition coefficient (Wildman–Crippen LogP) is 2.66. The zero-order chi connectivity index (χ0) is 13.9. The third kappa shape index (κ3) is 4.01. The van der Waals surface area contributed by atoms with Crippen molar-refractivity contribution in [2.24, 2.45) is 0 Å². The molecule has 0 bridgehead atoms. The van der Waals surface area contributed by atoms with E-state index in [1.165, 1.54) is 22.7 Å². The Morgan fingerprint density at radius 3 is 2.42 bits per heavy atom. The molecule has 0 amide bonds. The average Bonchev–Trinajstić information content (AvgIpc) is 2.97. The fourth-order valence-corrected chi connectivity index (χ4v) is 4.99. The summed E-state index contributed by atoms with van der Waals surface area (Å²) in [6.07, 6.45) is 0.